The van der Waals surface area contributed by atoms with Gasteiger partial charge in [0.2, 0.25) is 0 Å². The van der Waals surface area contributed by atoms with E-state index >= 15 is 0 Å². The van der Waals surface area contributed by atoms with Crippen LogP contribution in [0.4, 0.5) is 0 Å². The zero-order chi connectivity index (χ0) is 15.0. The summed E-state index contributed by atoms with van der Waals surface area (Å²) in [7, 11) is 3.27. The number of nitrogens with zero attached hydrogens (tertiary/aromatic N) is 1. The van der Waals surface area contributed by atoms with Crippen LogP contribution in [0.25, 0.3) is 0 Å². The van der Waals surface area contributed by atoms with Crippen LogP contribution in [-0.4, -0.2) is 38.2 Å². The molecule has 2 N–H and O–H groups in total. The average Bonchev–Trinajstić information content (AvgIpc) is 2.45. The molecule has 5 nitrogen and oxygen atoms in total. The lowest BCUT2D eigenvalue weighted by atomic mass is 10.1. The van der Waals surface area contributed by atoms with Gasteiger partial charge in [-0.2, -0.15) is 5.10 Å². The molecule has 0 aliphatic carbocycles. The zero-order valence-corrected chi connectivity index (χ0v) is 14.1. The number of ether oxygens (including phenoxy) is 2. The fourth-order valence-electron chi connectivity index (χ4n) is 1.40. The van der Waals surface area contributed by atoms with Crippen LogP contribution >= 0.6 is 28.1 Å². The Morgan fingerprint density at radius 1 is 1.40 bits per heavy atom. The van der Waals surface area contributed by atoms with Crippen molar-refractivity contribution in [2.45, 2.75) is 6.92 Å². The molecule has 0 spiro atoms. The molecule has 0 aliphatic rings. The second kappa shape index (κ2) is 8.89. The van der Waals surface area contributed by atoms with E-state index in [1.807, 2.05) is 25.1 Å². The summed E-state index contributed by atoms with van der Waals surface area (Å²) in [5.74, 6) is 0.784. The highest BCUT2D eigenvalue weighted by molar-refractivity contribution is 9.10. The third kappa shape index (κ3) is 5.44. The zero-order valence-electron chi connectivity index (χ0n) is 11.7. The van der Waals surface area contributed by atoms with Gasteiger partial charge in [0, 0.05) is 13.7 Å². The van der Waals surface area contributed by atoms with Crippen molar-refractivity contribution in [1.29, 1.82) is 0 Å². The molecule has 0 heterocycles. The van der Waals surface area contributed by atoms with E-state index < -0.39 is 0 Å². The minimum absolute atomic E-state index is 0.467. The summed E-state index contributed by atoms with van der Waals surface area (Å²) in [5.41, 5.74) is 4.59. The molecule has 0 saturated carbocycles. The van der Waals surface area contributed by atoms with E-state index in [2.05, 4.69) is 31.8 Å². The summed E-state index contributed by atoms with van der Waals surface area (Å²) in [6.07, 6.45) is 0. The molecule has 1 rings (SSSR count). The highest BCUT2D eigenvalue weighted by Gasteiger charge is 2.04. The van der Waals surface area contributed by atoms with Gasteiger partial charge < -0.3 is 14.8 Å². The molecule has 20 heavy (non-hydrogen) atoms. The molecule has 0 saturated heterocycles. The fraction of sp³-hybridized carbons (Fsp3) is 0.385. The molecular weight excluding hydrogens is 342 g/mol. The minimum atomic E-state index is 0.467. The molecule has 0 atom stereocenters. The molecule has 1 aromatic carbocycles. The van der Waals surface area contributed by atoms with Gasteiger partial charge in [-0.05, 0) is 58.8 Å². The van der Waals surface area contributed by atoms with E-state index in [-0.39, 0.29) is 0 Å². The molecule has 0 fully saturated rings. The molecule has 7 heteroatoms. The molecule has 0 radical (unpaired) electrons. The average molecular weight is 360 g/mol. The third-order valence-electron chi connectivity index (χ3n) is 2.49. The van der Waals surface area contributed by atoms with Crippen LogP contribution in [0, 0.1) is 0 Å². The lowest BCUT2D eigenvalue weighted by Crippen LogP contribution is -2.34. The predicted molar refractivity (Wildman–Crippen MR) is 88.5 cm³/mol. The fourth-order valence-corrected chi connectivity index (χ4v) is 2.09. The summed E-state index contributed by atoms with van der Waals surface area (Å²) in [6, 6.07) is 5.76. The number of hydrogen-bond donors (Lipinski definition) is 2. The van der Waals surface area contributed by atoms with E-state index in [9.17, 15) is 0 Å². The van der Waals surface area contributed by atoms with Gasteiger partial charge in [0.25, 0.3) is 0 Å². The first-order chi connectivity index (χ1) is 9.58. The second-order valence-corrected chi connectivity index (χ2v) is 5.17. The van der Waals surface area contributed by atoms with Crippen LogP contribution in [0.5, 0.6) is 5.75 Å². The molecular formula is C13H18BrN3O2S. The number of halogens is 1. The maximum atomic E-state index is 5.19. The highest BCUT2D eigenvalue weighted by Crippen LogP contribution is 2.25. The van der Waals surface area contributed by atoms with E-state index in [1.165, 1.54) is 0 Å². The Kier molecular flexibility index (Phi) is 7.50. The first-order valence-corrected chi connectivity index (χ1v) is 7.19. The van der Waals surface area contributed by atoms with Crippen molar-refractivity contribution in [1.82, 2.24) is 10.7 Å². The standard InChI is InChI=1S/C13H18BrN3O2S/c1-9(16-17-13(20)15-6-7-18-2)10-4-5-12(19-3)11(14)8-10/h4-5,8H,6-7H2,1-3H3,(H2,15,17,20)/b16-9-. The van der Waals surface area contributed by atoms with Crippen LogP contribution < -0.4 is 15.5 Å². The Labute approximate surface area is 132 Å². The van der Waals surface area contributed by atoms with Gasteiger partial charge in [-0.3, -0.25) is 5.43 Å². The SMILES string of the molecule is COCCNC(=S)N/N=C(/C)c1ccc(OC)c(Br)c1. The van der Waals surface area contributed by atoms with Gasteiger partial charge in [-0.25, -0.2) is 0 Å². The van der Waals surface area contributed by atoms with Crippen LogP contribution in [0.3, 0.4) is 0 Å². The van der Waals surface area contributed by atoms with E-state index in [1.54, 1.807) is 14.2 Å². The summed E-state index contributed by atoms with van der Waals surface area (Å²) in [6.45, 7) is 3.14. The van der Waals surface area contributed by atoms with Crippen molar-refractivity contribution in [3.8, 4) is 5.75 Å². The van der Waals surface area contributed by atoms with Crippen LogP contribution in [0.1, 0.15) is 12.5 Å². The second-order valence-electron chi connectivity index (χ2n) is 3.91. The molecule has 1 aromatic rings. The lowest BCUT2D eigenvalue weighted by molar-refractivity contribution is 0.204. The molecule has 0 aromatic heterocycles. The highest BCUT2D eigenvalue weighted by atomic mass is 79.9. The van der Waals surface area contributed by atoms with Crippen molar-refractivity contribution in [3.05, 3.63) is 28.2 Å². The van der Waals surface area contributed by atoms with Crippen molar-refractivity contribution in [2.24, 2.45) is 5.10 Å². The maximum Gasteiger partial charge on any atom is 0.187 e. The van der Waals surface area contributed by atoms with Crippen molar-refractivity contribution in [2.75, 3.05) is 27.4 Å². The van der Waals surface area contributed by atoms with Gasteiger partial charge in [0.1, 0.15) is 5.75 Å². The smallest absolute Gasteiger partial charge is 0.187 e. The Morgan fingerprint density at radius 2 is 2.15 bits per heavy atom. The van der Waals surface area contributed by atoms with Gasteiger partial charge in [-0.1, -0.05) is 0 Å². The monoisotopic (exact) mass is 359 g/mol. The summed E-state index contributed by atoms with van der Waals surface area (Å²) < 4.78 is 11.0. The molecule has 0 aliphatic heterocycles. The third-order valence-corrected chi connectivity index (χ3v) is 3.34. The molecule has 0 unspecified atom stereocenters. The van der Waals surface area contributed by atoms with E-state index in [4.69, 9.17) is 21.7 Å². The number of rotatable bonds is 6. The Morgan fingerprint density at radius 3 is 2.75 bits per heavy atom. The van der Waals surface area contributed by atoms with Crippen molar-refractivity contribution in [3.63, 3.8) is 0 Å². The molecule has 110 valence electrons. The van der Waals surface area contributed by atoms with Gasteiger partial charge >= 0.3 is 0 Å². The number of hydrazone groups is 1. The quantitative estimate of drug-likeness (QED) is 0.353. The van der Waals surface area contributed by atoms with Crippen molar-refractivity contribution < 1.29 is 9.47 Å². The number of nitrogens with one attached hydrogen (secondary N) is 2. The lowest BCUT2D eigenvalue weighted by Gasteiger charge is -2.08. The van der Waals surface area contributed by atoms with Gasteiger partial charge in [0.15, 0.2) is 5.11 Å². The summed E-state index contributed by atoms with van der Waals surface area (Å²) >= 11 is 8.53. The largest absolute Gasteiger partial charge is 0.496 e. The summed E-state index contributed by atoms with van der Waals surface area (Å²) in [5, 5.41) is 7.68. The number of benzene rings is 1. The minimum Gasteiger partial charge on any atom is -0.496 e. The van der Waals surface area contributed by atoms with E-state index in [0.717, 1.165) is 21.5 Å². The number of methoxy groups -OCH3 is 2. The summed E-state index contributed by atoms with van der Waals surface area (Å²) in [4.78, 5) is 0. The van der Waals surface area contributed by atoms with E-state index in [0.29, 0.717) is 18.3 Å². The predicted octanol–water partition coefficient (Wildman–Crippen LogP) is 2.29. The first kappa shape index (κ1) is 16.9. The Bertz CT molecular complexity index is 495. The Balaban J connectivity index is 2.60. The number of thiocarbonyl (C=S) groups is 1. The number of hydrogen-bond acceptors (Lipinski definition) is 4. The first-order valence-electron chi connectivity index (χ1n) is 5.99. The maximum absolute atomic E-state index is 5.19. The topological polar surface area (TPSA) is 54.9 Å². The Hall–Kier alpha value is -1.18. The normalized spacial score (nSPS) is 11.1. The van der Waals surface area contributed by atoms with Crippen LogP contribution in [0.15, 0.2) is 27.8 Å². The van der Waals surface area contributed by atoms with Gasteiger partial charge in [0.05, 0.1) is 23.9 Å². The van der Waals surface area contributed by atoms with Gasteiger partial charge in [-0.15, -0.1) is 0 Å². The molecule has 0 amide bonds. The van der Waals surface area contributed by atoms with Crippen LogP contribution in [0.2, 0.25) is 0 Å². The van der Waals surface area contributed by atoms with Crippen molar-refractivity contribution >= 4 is 39.0 Å². The molecule has 0 bridgehead atoms. The van der Waals surface area contributed by atoms with Crippen LogP contribution in [-0.2, 0) is 4.74 Å².